The van der Waals surface area contributed by atoms with Crippen molar-refractivity contribution in [2.45, 2.75) is 47.0 Å². The lowest BCUT2D eigenvalue weighted by Gasteiger charge is -2.11. The molecule has 1 aromatic heterocycles. The van der Waals surface area contributed by atoms with E-state index in [1.807, 2.05) is 32.1 Å². The van der Waals surface area contributed by atoms with Crippen LogP contribution < -0.4 is 5.43 Å². The Labute approximate surface area is 181 Å². The average Bonchev–Trinajstić information content (AvgIpc) is 2.70. The summed E-state index contributed by atoms with van der Waals surface area (Å²) < 4.78 is 5.73. The highest BCUT2D eigenvalue weighted by Crippen LogP contribution is 2.38. The van der Waals surface area contributed by atoms with Crippen molar-refractivity contribution < 1.29 is 19.7 Å². The van der Waals surface area contributed by atoms with E-state index in [0.717, 1.165) is 24.0 Å². The fraction of sp³-hybridized carbons (Fsp3) is 0.269. The highest BCUT2D eigenvalue weighted by Gasteiger charge is 2.21. The van der Waals surface area contributed by atoms with E-state index in [1.165, 1.54) is 11.6 Å². The second-order valence-electron chi connectivity index (χ2n) is 8.15. The van der Waals surface area contributed by atoms with Crippen molar-refractivity contribution >= 4 is 11.0 Å². The molecular formula is C26H28O5. The molecule has 162 valence electrons. The number of fused-ring (bicyclic) bond motifs is 1. The Morgan fingerprint density at radius 3 is 2.32 bits per heavy atom. The largest absolute Gasteiger partial charge is 0.507 e. The SMILES string of the molecule is CC(C)=CCC/C(C)=C/Cc1c(O)cc2oc(-c3ccc(C)cc3)c(O)c(=O)c2c1O. The zero-order valence-corrected chi connectivity index (χ0v) is 18.3. The molecule has 0 unspecified atom stereocenters. The van der Waals surface area contributed by atoms with Gasteiger partial charge in [-0.3, -0.25) is 4.79 Å². The first kappa shape index (κ1) is 22.2. The fourth-order valence-electron chi connectivity index (χ4n) is 3.42. The van der Waals surface area contributed by atoms with Gasteiger partial charge in [0.1, 0.15) is 22.5 Å². The van der Waals surface area contributed by atoms with Crippen LogP contribution in [0.15, 0.2) is 62.8 Å². The second kappa shape index (κ2) is 9.13. The van der Waals surface area contributed by atoms with Crippen LogP contribution in [-0.4, -0.2) is 15.3 Å². The number of phenols is 2. The molecule has 5 nitrogen and oxygen atoms in total. The summed E-state index contributed by atoms with van der Waals surface area (Å²) in [6.45, 7) is 8.02. The molecule has 0 atom stereocenters. The van der Waals surface area contributed by atoms with Crippen LogP contribution in [0.25, 0.3) is 22.3 Å². The van der Waals surface area contributed by atoms with Crippen LogP contribution in [0.5, 0.6) is 17.2 Å². The summed E-state index contributed by atoms with van der Waals surface area (Å²) in [5, 5.41) is 31.5. The third kappa shape index (κ3) is 4.82. The van der Waals surface area contributed by atoms with E-state index in [4.69, 9.17) is 4.42 Å². The molecule has 0 aliphatic heterocycles. The van der Waals surface area contributed by atoms with E-state index in [0.29, 0.717) is 5.56 Å². The molecule has 0 fully saturated rings. The molecule has 3 N–H and O–H groups in total. The summed E-state index contributed by atoms with van der Waals surface area (Å²) in [6, 6.07) is 8.45. The Morgan fingerprint density at radius 2 is 1.68 bits per heavy atom. The Hall–Kier alpha value is -3.47. The maximum absolute atomic E-state index is 12.8. The van der Waals surface area contributed by atoms with Gasteiger partial charge in [0, 0.05) is 17.2 Å². The molecular weight excluding hydrogens is 392 g/mol. The second-order valence-corrected chi connectivity index (χ2v) is 8.15. The number of phenolic OH excluding ortho intramolecular Hbond substituents is 2. The van der Waals surface area contributed by atoms with E-state index in [2.05, 4.69) is 19.9 Å². The van der Waals surface area contributed by atoms with Crippen LogP contribution in [0.4, 0.5) is 0 Å². The minimum atomic E-state index is -0.736. The first-order chi connectivity index (χ1) is 14.7. The lowest BCUT2D eigenvalue weighted by atomic mass is 10.0. The minimum Gasteiger partial charge on any atom is -0.507 e. The molecule has 0 amide bonds. The van der Waals surface area contributed by atoms with Gasteiger partial charge >= 0.3 is 0 Å². The molecule has 3 aromatic rings. The summed E-state index contributed by atoms with van der Waals surface area (Å²) in [6.07, 6.45) is 6.11. The number of hydrogen-bond donors (Lipinski definition) is 3. The van der Waals surface area contributed by atoms with Crippen LogP contribution in [-0.2, 0) is 6.42 Å². The molecule has 0 saturated carbocycles. The van der Waals surface area contributed by atoms with E-state index in [-0.39, 0.29) is 40.2 Å². The maximum Gasteiger partial charge on any atom is 0.238 e. The number of benzene rings is 2. The first-order valence-electron chi connectivity index (χ1n) is 10.3. The van der Waals surface area contributed by atoms with Gasteiger partial charge in [-0.1, -0.05) is 53.1 Å². The number of hydrogen-bond acceptors (Lipinski definition) is 5. The fourth-order valence-corrected chi connectivity index (χ4v) is 3.42. The van der Waals surface area contributed by atoms with Crippen LogP contribution in [0, 0.1) is 6.92 Å². The van der Waals surface area contributed by atoms with Crippen molar-refractivity contribution in [1.29, 1.82) is 0 Å². The van der Waals surface area contributed by atoms with Crippen molar-refractivity contribution in [3.8, 4) is 28.6 Å². The average molecular weight is 421 g/mol. The lowest BCUT2D eigenvalue weighted by Crippen LogP contribution is -2.04. The smallest absolute Gasteiger partial charge is 0.238 e. The van der Waals surface area contributed by atoms with Crippen LogP contribution >= 0.6 is 0 Å². The molecule has 0 aliphatic rings. The standard InChI is InChI=1S/C26H28O5/c1-15(2)6-5-7-16(3)10-13-19-20(27)14-21-22(23(19)28)24(29)25(30)26(31-21)18-11-8-17(4)9-12-18/h6,8-12,14,27-28,30H,5,7,13H2,1-4H3/b16-10+. The quantitative estimate of drug-likeness (QED) is 0.418. The summed E-state index contributed by atoms with van der Waals surface area (Å²) in [4.78, 5) is 12.8. The van der Waals surface area contributed by atoms with Crippen molar-refractivity contribution in [3.63, 3.8) is 0 Å². The lowest BCUT2D eigenvalue weighted by molar-refractivity contribution is 0.433. The summed E-state index contributed by atoms with van der Waals surface area (Å²) in [5.74, 6) is -1.11. The number of aromatic hydroxyl groups is 3. The number of allylic oxidation sites excluding steroid dienone is 4. The highest BCUT2D eigenvalue weighted by atomic mass is 16.4. The van der Waals surface area contributed by atoms with Crippen LogP contribution in [0.3, 0.4) is 0 Å². The molecule has 0 spiro atoms. The number of rotatable bonds is 6. The van der Waals surface area contributed by atoms with Crippen molar-refractivity contribution in [1.82, 2.24) is 0 Å². The van der Waals surface area contributed by atoms with Crippen LogP contribution in [0.2, 0.25) is 0 Å². The molecule has 5 heteroatoms. The van der Waals surface area contributed by atoms with E-state index >= 15 is 0 Å². The normalized spacial score (nSPS) is 11.7. The van der Waals surface area contributed by atoms with Crippen molar-refractivity contribution in [3.05, 3.63) is 75.0 Å². The molecule has 1 heterocycles. The van der Waals surface area contributed by atoms with Gasteiger partial charge in [0.25, 0.3) is 0 Å². The van der Waals surface area contributed by atoms with Gasteiger partial charge in [-0.25, -0.2) is 0 Å². The summed E-state index contributed by atoms with van der Waals surface area (Å²) in [5.41, 5.74) is 3.43. The zero-order chi connectivity index (χ0) is 22.7. The van der Waals surface area contributed by atoms with Gasteiger partial charge in [-0.15, -0.1) is 0 Å². The molecule has 3 rings (SSSR count). The third-order valence-corrected chi connectivity index (χ3v) is 5.27. The van der Waals surface area contributed by atoms with E-state index < -0.39 is 11.2 Å². The highest BCUT2D eigenvalue weighted by molar-refractivity contribution is 5.89. The molecule has 0 radical (unpaired) electrons. The topological polar surface area (TPSA) is 90.9 Å². The third-order valence-electron chi connectivity index (χ3n) is 5.27. The Bertz CT molecular complexity index is 1220. The van der Waals surface area contributed by atoms with Crippen LogP contribution in [0.1, 0.15) is 44.7 Å². The first-order valence-corrected chi connectivity index (χ1v) is 10.3. The molecule has 0 bridgehead atoms. The minimum absolute atomic E-state index is 0.000868. The van der Waals surface area contributed by atoms with Gasteiger partial charge in [0.05, 0.1) is 0 Å². The predicted molar refractivity (Wildman–Crippen MR) is 124 cm³/mol. The van der Waals surface area contributed by atoms with Crippen molar-refractivity contribution in [2.75, 3.05) is 0 Å². The molecule has 0 saturated heterocycles. The summed E-state index contributed by atoms with van der Waals surface area (Å²) in [7, 11) is 0. The maximum atomic E-state index is 12.8. The van der Waals surface area contributed by atoms with E-state index in [9.17, 15) is 20.1 Å². The summed E-state index contributed by atoms with van der Waals surface area (Å²) >= 11 is 0. The Morgan fingerprint density at radius 1 is 1.00 bits per heavy atom. The van der Waals surface area contributed by atoms with Gasteiger partial charge in [-0.2, -0.15) is 0 Å². The Balaban J connectivity index is 2.02. The predicted octanol–water partition coefficient (Wildman–Crippen LogP) is 6.12. The van der Waals surface area contributed by atoms with Gasteiger partial charge < -0.3 is 19.7 Å². The van der Waals surface area contributed by atoms with Crippen molar-refractivity contribution in [2.24, 2.45) is 0 Å². The number of aryl methyl sites for hydroxylation is 1. The molecule has 31 heavy (non-hydrogen) atoms. The zero-order valence-electron chi connectivity index (χ0n) is 18.3. The van der Waals surface area contributed by atoms with Gasteiger partial charge in [0.2, 0.25) is 11.2 Å². The molecule has 0 aliphatic carbocycles. The van der Waals surface area contributed by atoms with Gasteiger partial charge in [0.15, 0.2) is 5.76 Å². The molecule has 2 aromatic carbocycles. The van der Waals surface area contributed by atoms with Gasteiger partial charge in [-0.05, 0) is 47.0 Å². The van der Waals surface area contributed by atoms with E-state index in [1.54, 1.807) is 12.1 Å². The monoisotopic (exact) mass is 420 g/mol. The Kier molecular flexibility index (Phi) is 6.54.